The first-order valence-corrected chi connectivity index (χ1v) is 11.5. The summed E-state index contributed by atoms with van der Waals surface area (Å²) in [6.07, 6.45) is 19.4. The Hall–Kier alpha value is -1.03. The van der Waals surface area contributed by atoms with Crippen LogP contribution in [0.4, 0.5) is 0 Å². The first-order valence-electron chi connectivity index (χ1n) is 10.6. The van der Waals surface area contributed by atoms with Crippen molar-refractivity contribution in [3.63, 3.8) is 0 Å². The molecule has 1 heterocycles. The standard InChI is InChI=1S/C19H35BrO2.C4H5N/c1-4-5-6-7-8-9-10-11-12-14-18(20)15-13-16-22-19(21)17(2)3;1-2-4-5-3-1/h18H,2,4-16H2,1,3H3;1-5H. The number of hydrogen-bond acceptors (Lipinski definition) is 2. The fraction of sp³-hybridized carbons (Fsp3) is 0.696. The van der Waals surface area contributed by atoms with Crippen LogP contribution in [0.5, 0.6) is 0 Å². The van der Waals surface area contributed by atoms with E-state index in [1.165, 1.54) is 64.2 Å². The van der Waals surface area contributed by atoms with Crippen molar-refractivity contribution in [2.45, 2.75) is 95.7 Å². The topological polar surface area (TPSA) is 42.1 Å². The number of unbranched alkanes of at least 4 members (excludes halogenated alkanes) is 8. The van der Waals surface area contributed by atoms with Gasteiger partial charge in [0.15, 0.2) is 0 Å². The van der Waals surface area contributed by atoms with Gasteiger partial charge in [0.2, 0.25) is 0 Å². The van der Waals surface area contributed by atoms with Crippen LogP contribution in [0.15, 0.2) is 36.7 Å². The van der Waals surface area contributed by atoms with E-state index in [1.807, 2.05) is 24.5 Å². The lowest BCUT2D eigenvalue weighted by molar-refractivity contribution is -0.139. The van der Waals surface area contributed by atoms with Crippen molar-refractivity contribution in [1.82, 2.24) is 4.98 Å². The highest BCUT2D eigenvalue weighted by molar-refractivity contribution is 9.09. The Morgan fingerprint density at radius 2 is 1.48 bits per heavy atom. The fourth-order valence-electron chi connectivity index (χ4n) is 2.69. The van der Waals surface area contributed by atoms with Crippen LogP contribution in [0.2, 0.25) is 0 Å². The molecule has 0 saturated heterocycles. The van der Waals surface area contributed by atoms with Gasteiger partial charge in [0.1, 0.15) is 0 Å². The van der Waals surface area contributed by atoms with Crippen LogP contribution in [-0.2, 0) is 9.53 Å². The molecule has 0 aliphatic rings. The molecule has 0 fully saturated rings. The predicted octanol–water partition coefficient (Wildman–Crippen LogP) is 7.59. The largest absolute Gasteiger partial charge is 0.462 e. The maximum absolute atomic E-state index is 11.2. The number of H-pyrrole nitrogens is 1. The maximum Gasteiger partial charge on any atom is 0.333 e. The van der Waals surface area contributed by atoms with Gasteiger partial charge in [0.25, 0.3) is 0 Å². The molecule has 0 amide bonds. The van der Waals surface area contributed by atoms with Crippen molar-refractivity contribution < 1.29 is 9.53 Å². The number of alkyl halides is 1. The smallest absolute Gasteiger partial charge is 0.333 e. The van der Waals surface area contributed by atoms with E-state index in [1.54, 1.807) is 6.92 Å². The molecular formula is C23H40BrNO2. The van der Waals surface area contributed by atoms with Gasteiger partial charge in [-0.1, -0.05) is 87.2 Å². The Bertz CT molecular complexity index is 428. The number of carbonyl (C=O) groups excluding carboxylic acids is 1. The van der Waals surface area contributed by atoms with Gasteiger partial charge in [0.05, 0.1) is 6.61 Å². The van der Waals surface area contributed by atoms with Crippen molar-refractivity contribution in [1.29, 1.82) is 0 Å². The van der Waals surface area contributed by atoms with Gasteiger partial charge in [-0.15, -0.1) is 0 Å². The number of aromatic nitrogens is 1. The minimum atomic E-state index is -0.273. The van der Waals surface area contributed by atoms with E-state index in [-0.39, 0.29) is 5.97 Å². The molecule has 1 aromatic heterocycles. The minimum Gasteiger partial charge on any atom is -0.462 e. The third-order valence-electron chi connectivity index (χ3n) is 4.36. The quantitative estimate of drug-likeness (QED) is 0.132. The van der Waals surface area contributed by atoms with Crippen LogP contribution in [-0.4, -0.2) is 22.4 Å². The zero-order valence-electron chi connectivity index (χ0n) is 17.5. The van der Waals surface area contributed by atoms with Gasteiger partial charge < -0.3 is 9.72 Å². The van der Waals surface area contributed by atoms with Crippen LogP contribution in [0.3, 0.4) is 0 Å². The van der Waals surface area contributed by atoms with Gasteiger partial charge in [-0.05, 0) is 38.3 Å². The van der Waals surface area contributed by atoms with Gasteiger partial charge in [0, 0.05) is 22.8 Å². The fourth-order valence-corrected chi connectivity index (χ4v) is 3.34. The molecule has 0 spiro atoms. The summed E-state index contributed by atoms with van der Waals surface area (Å²) in [5, 5.41) is 0. The second-order valence-electron chi connectivity index (χ2n) is 7.16. The number of hydrogen-bond donors (Lipinski definition) is 1. The maximum atomic E-state index is 11.2. The van der Waals surface area contributed by atoms with E-state index in [4.69, 9.17) is 4.74 Å². The first-order chi connectivity index (χ1) is 13.1. The molecular weight excluding hydrogens is 402 g/mol. The van der Waals surface area contributed by atoms with Crippen LogP contribution in [0.1, 0.15) is 90.9 Å². The van der Waals surface area contributed by atoms with E-state index in [0.29, 0.717) is 17.0 Å². The third kappa shape index (κ3) is 19.5. The van der Waals surface area contributed by atoms with Crippen LogP contribution in [0.25, 0.3) is 0 Å². The van der Waals surface area contributed by atoms with E-state index in [2.05, 4.69) is 34.4 Å². The van der Waals surface area contributed by atoms with Crippen LogP contribution >= 0.6 is 15.9 Å². The highest BCUT2D eigenvalue weighted by Gasteiger charge is 2.06. The second kappa shape index (κ2) is 19.7. The monoisotopic (exact) mass is 441 g/mol. The average molecular weight is 442 g/mol. The lowest BCUT2D eigenvalue weighted by Gasteiger charge is -2.10. The summed E-state index contributed by atoms with van der Waals surface area (Å²) in [5.41, 5.74) is 0.477. The molecule has 3 nitrogen and oxygen atoms in total. The molecule has 0 aliphatic heterocycles. The molecule has 0 aliphatic carbocycles. The van der Waals surface area contributed by atoms with Gasteiger partial charge in [-0.25, -0.2) is 4.79 Å². The molecule has 27 heavy (non-hydrogen) atoms. The predicted molar refractivity (Wildman–Crippen MR) is 120 cm³/mol. The lowest BCUT2D eigenvalue weighted by Crippen LogP contribution is -2.08. The summed E-state index contributed by atoms with van der Waals surface area (Å²) < 4.78 is 5.09. The highest BCUT2D eigenvalue weighted by atomic mass is 79.9. The number of nitrogens with one attached hydrogen (secondary N) is 1. The first kappa shape index (κ1) is 26.0. The van der Waals surface area contributed by atoms with Gasteiger partial charge in [-0.2, -0.15) is 0 Å². The van der Waals surface area contributed by atoms with E-state index < -0.39 is 0 Å². The Labute approximate surface area is 175 Å². The molecule has 1 atom stereocenters. The molecule has 1 N–H and O–H groups in total. The number of rotatable bonds is 15. The molecule has 1 unspecified atom stereocenters. The summed E-state index contributed by atoms with van der Waals surface area (Å²) in [4.78, 5) is 14.6. The average Bonchev–Trinajstić information content (AvgIpc) is 3.23. The minimum absolute atomic E-state index is 0.273. The molecule has 0 aromatic carbocycles. The Balaban J connectivity index is 0.00000115. The number of carbonyl (C=O) groups is 1. The molecule has 156 valence electrons. The normalized spacial score (nSPS) is 11.4. The van der Waals surface area contributed by atoms with Crippen molar-refractivity contribution in [2.75, 3.05) is 6.61 Å². The van der Waals surface area contributed by atoms with Crippen LogP contribution < -0.4 is 0 Å². The van der Waals surface area contributed by atoms with E-state index >= 15 is 0 Å². The molecule has 1 aromatic rings. The van der Waals surface area contributed by atoms with Gasteiger partial charge >= 0.3 is 5.97 Å². The summed E-state index contributed by atoms with van der Waals surface area (Å²) in [7, 11) is 0. The number of halogens is 1. The van der Waals surface area contributed by atoms with Crippen LogP contribution in [0, 0.1) is 0 Å². The Kier molecular flexibility index (Phi) is 19.0. The second-order valence-corrected chi connectivity index (χ2v) is 8.45. The van der Waals surface area contributed by atoms with E-state index in [9.17, 15) is 4.79 Å². The molecule has 0 radical (unpaired) electrons. The zero-order chi connectivity index (χ0) is 20.2. The Morgan fingerprint density at radius 1 is 0.963 bits per heavy atom. The van der Waals surface area contributed by atoms with Gasteiger partial charge in [-0.3, -0.25) is 0 Å². The van der Waals surface area contributed by atoms with Crippen molar-refractivity contribution in [2.24, 2.45) is 0 Å². The summed E-state index contributed by atoms with van der Waals surface area (Å²) >= 11 is 3.73. The van der Waals surface area contributed by atoms with Crippen molar-refractivity contribution in [3.05, 3.63) is 36.7 Å². The molecule has 1 rings (SSSR count). The summed E-state index contributed by atoms with van der Waals surface area (Å²) in [5.74, 6) is -0.273. The SMILES string of the molecule is C=C(C)C(=O)OCCCC(Br)CCCCCCCCCCC.c1cc[nH]c1. The summed E-state index contributed by atoms with van der Waals surface area (Å²) in [6.45, 7) is 8.02. The Morgan fingerprint density at radius 3 is 1.96 bits per heavy atom. The lowest BCUT2D eigenvalue weighted by atomic mass is 10.0. The zero-order valence-corrected chi connectivity index (χ0v) is 19.1. The number of ether oxygens (including phenoxy) is 1. The highest BCUT2D eigenvalue weighted by Crippen LogP contribution is 2.18. The molecule has 0 bridgehead atoms. The van der Waals surface area contributed by atoms with Crippen molar-refractivity contribution >= 4 is 21.9 Å². The molecule has 0 saturated carbocycles. The van der Waals surface area contributed by atoms with E-state index in [0.717, 1.165) is 12.8 Å². The number of aromatic amines is 1. The summed E-state index contributed by atoms with van der Waals surface area (Å²) in [6, 6.07) is 3.89. The van der Waals surface area contributed by atoms with Crippen molar-refractivity contribution in [3.8, 4) is 0 Å². The third-order valence-corrected chi connectivity index (χ3v) is 5.28. The number of esters is 1. The molecule has 4 heteroatoms.